The molecule has 0 saturated heterocycles. The number of benzene rings is 1. The van der Waals surface area contributed by atoms with Crippen LogP contribution in [-0.4, -0.2) is 36.9 Å². The summed E-state index contributed by atoms with van der Waals surface area (Å²) in [5.74, 6) is 0. The smallest absolute Gasteiger partial charge is 0.324 e. The normalized spacial score (nSPS) is 12.6. The summed E-state index contributed by atoms with van der Waals surface area (Å²) >= 11 is 0. The first-order chi connectivity index (χ1) is 11.1. The molecule has 1 atom stereocenters. The highest BCUT2D eigenvalue weighted by Crippen LogP contribution is 2.40. The maximum Gasteiger partial charge on any atom is 0.329 e. The molecule has 11 nitrogen and oxygen atoms in total. The number of hydrogen-bond donors (Lipinski definition) is 5. The number of non-ortho nitro benzene ring substituents is 1. The van der Waals surface area contributed by atoms with Gasteiger partial charge in [-0.3, -0.25) is 24.3 Å². The molecule has 2 rings (SSSR count). The molecule has 0 radical (unpaired) electrons. The van der Waals surface area contributed by atoms with Crippen LogP contribution in [0.5, 0.6) is 0 Å². The van der Waals surface area contributed by atoms with Gasteiger partial charge in [0.05, 0.1) is 21.6 Å². The number of aromatic nitrogens is 2. The van der Waals surface area contributed by atoms with Crippen molar-refractivity contribution in [3.63, 3.8) is 0 Å². The van der Waals surface area contributed by atoms with Crippen molar-refractivity contribution in [3.05, 3.63) is 48.5 Å². The summed E-state index contributed by atoms with van der Waals surface area (Å²) < 4.78 is 11.1. The van der Waals surface area contributed by atoms with E-state index in [0.29, 0.717) is 5.56 Å². The van der Waals surface area contributed by atoms with Crippen molar-refractivity contribution in [2.24, 2.45) is 0 Å². The minimum Gasteiger partial charge on any atom is -0.324 e. The predicted octanol–water partition coefficient (Wildman–Crippen LogP) is 0.202. The van der Waals surface area contributed by atoms with Crippen molar-refractivity contribution in [2.45, 2.75) is 19.1 Å². The highest BCUT2D eigenvalue weighted by Gasteiger charge is 2.23. The third-order valence-electron chi connectivity index (χ3n) is 3.44. The monoisotopic (exact) mass is 394 g/mol. The molecule has 0 fully saturated rings. The van der Waals surface area contributed by atoms with E-state index in [-0.39, 0.29) is 42.2 Å². The Morgan fingerprint density at radius 1 is 1.28 bits per heavy atom. The molecule has 0 aliphatic rings. The quantitative estimate of drug-likeness (QED) is 0.199. The standard InChI is InChI=1S/C12H15N4O7P.ClH/c1-6(24(21,22)23)4-13-5-7-2-8(16(19)20)3-9-10(7)15-12(18)11(17)14-9;/h2-3,6,13H,4-5H2,1H3,(H,14,17)(H,15,18)(H2,21,22,23);1H. The van der Waals surface area contributed by atoms with E-state index in [2.05, 4.69) is 15.3 Å². The number of fused-ring (bicyclic) bond motifs is 1. The SMILES string of the molecule is CC(CNCc1cc([N+](=O)[O-])cc2[nH]c(=O)c(=O)[nH]c12)P(=O)(O)O.Cl. The average Bonchev–Trinajstić information content (AvgIpc) is 2.47. The third kappa shape index (κ3) is 4.97. The van der Waals surface area contributed by atoms with E-state index in [9.17, 15) is 24.3 Å². The highest BCUT2D eigenvalue weighted by atomic mass is 35.5. The van der Waals surface area contributed by atoms with Crippen LogP contribution in [0.1, 0.15) is 12.5 Å². The number of aromatic amines is 2. The molecule has 1 aromatic carbocycles. The molecule has 0 aliphatic heterocycles. The molecule has 138 valence electrons. The summed E-state index contributed by atoms with van der Waals surface area (Å²) in [4.78, 5) is 55.8. The summed E-state index contributed by atoms with van der Waals surface area (Å²) in [6, 6.07) is 2.33. The Bertz CT molecular complexity index is 951. The van der Waals surface area contributed by atoms with Crippen LogP contribution in [0.15, 0.2) is 21.7 Å². The van der Waals surface area contributed by atoms with E-state index in [1.165, 1.54) is 13.0 Å². The van der Waals surface area contributed by atoms with Gasteiger partial charge >= 0.3 is 18.7 Å². The molecule has 0 saturated carbocycles. The number of nitro benzene ring substituents is 1. The molecule has 2 aromatic rings. The maximum absolute atomic E-state index is 11.5. The second-order valence-electron chi connectivity index (χ2n) is 5.26. The van der Waals surface area contributed by atoms with Crippen molar-refractivity contribution in [1.29, 1.82) is 0 Å². The number of hydrogen-bond acceptors (Lipinski definition) is 6. The number of nitrogens with one attached hydrogen (secondary N) is 3. The second-order valence-corrected chi connectivity index (χ2v) is 7.32. The van der Waals surface area contributed by atoms with Crippen LogP contribution in [-0.2, 0) is 11.1 Å². The molecule has 0 amide bonds. The average molecular weight is 395 g/mol. The zero-order valence-electron chi connectivity index (χ0n) is 12.9. The zero-order chi connectivity index (χ0) is 18.1. The first-order valence-electron chi connectivity index (χ1n) is 6.79. The molecule has 1 unspecified atom stereocenters. The maximum atomic E-state index is 11.5. The fraction of sp³-hybridized carbons (Fsp3) is 0.333. The van der Waals surface area contributed by atoms with Crippen LogP contribution in [0, 0.1) is 10.1 Å². The molecular formula is C12H16ClN4O7P. The number of nitro groups is 1. The number of H-pyrrole nitrogens is 2. The summed E-state index contributed by atoms with van der Waals surface area (Å²) in [5.41, 5.74) is -2.45. The minimum atomic E-state index is -4.24. The molecule has 1 aromatic heterocycles. The third-order valence-corrected chi connectivity index (χ3v) is 4.77. The van der Waals surface area contributed by atoms with E-state index in [1.54, 1.807) is 0 Å². The van der Waals surface area contributed by atoms with E-state index in [1.807, 2.05) is 0 Å². The summed E-state index contributed by atoms with van der Waals surface area (Å²) in [6.45, 7) is 1.32. The number of nitrogens with zero attached hydrogens (tertiary/aromatic N) is 1. The van der Waals surface area contributed by atoms with Gasteiger partial charge in [-0.2, -0.15) is 0 Å². The summed E-state index contributed by atoms with van der Waals surface area (Å²) in [5, 5.41) is 13.8. The van der Waals surface area contributed by atoms with E-state index in [0.717, 1.165) is 6.07 Å². The molecule has 0 bridgehead atoms. The van der Waals surface area contributed by atoms with Crippen molar-refractivity contribution in [1.82, 2.24) is 15.3 Å². The van der Waals surface area contributed by atoms with Gasteiger partial charge in [0.1, 0.15) is 0 Å². The molecule has 1 heterocycles. The lowest BCUT2D eigenvalue weighted by molar-refractivity contribution is -0.384. The lowest BCUT2D eigenvalue weighted by atomic mass is 10.1. The Labute approximate surface area is 146 Å². The van der Waals surface area contributed by atoms with Gasteiger partial charge in [-0.15, -0.1) is 12.4 Å². The zero-order valence-corrected chi connectivity index (χ0v) is 14.6. The van der Waals surface area contributed by atoms with Gasteiger partial charge in [0, 0.05) is 25.2 Å². The van der Waals surface area contributed by atoms with E-state index in [4.69, 9.17) is 9.79 Å². The Morgan fingerprint density at radius 2 is 1.88 bits per heavy atom. The molecule has 13 heteroatoms. The Kier molecular flexibility index (Phi) is 6.63. The fourth-order valence-corrected chi connectivity index (χ4v) is 2.43. The van der Waals surface area contributed by atoms with Crippen LogP contribution in [0.25, 0.3) is 11.0 Å². The summed E-state index contributed by atoms with van der Waals surface area (Å²) in [7, 11) is -4.24. The van der Waals surface area contributed by atoms with Gasteiger partial charge in [-0.05, 0) is 12.5 Å². The van der Waals surface area contributed by atoms with E-state index >= 15 is 0 Å². The van der Waals surface area contributed by atoms with Crippen molar-refractivity contribution in [2.75, 3.05) is 6.54 Å². The van der Waals surface area contributed by atoms with E-state index < -0.39 is 29.3 Å². The van der Waals surface area contributed by atoms with Crippen molar-refractivity contribution >= 4 is 36.7 Å². The Hall–Kier alpha value is -2.04. The van der Waals surface area contributed by atoms with Crippen LogP contribution >= 0.6 is 20.0 Å². The van der Waals surface area contributed by atoms with Crippen LogP contribution < -0.4 is 16.4 Å². The lowest BCUT2D eigenvalue weighted by Crippen LogP contribution is -2.30. The molecular weight excluding hydrogens is 379 g/mol. The van der Waals surface area contributed by atoms with Crippen molar-refractivity contribution in [3.8, 4) is 0 Å². The molecule has 0 spiro atoms. The number of halogens is 1. The van der Waals surface area contributed by atoms with Gasteiger partial charge in [0.25, 0.3) is 5.69 Å². The Morgan fingerprint density at radius 3 is 2.44 bits per heavy atom. The van der Waals surface area contributed by atoms with Crippen LogP contribution in [0.4, 0.5) is 5.69 Å². The van der Waals surface area contributed by atoms with Gasteiger partial charge in [0.2, 0.25) is 0 Å². The van der Waals surface area contributed by atoms with Gasteiger partial charge in [-0.1, -0.05) is 0 Å². The molecule has 5 N–H and O–H groups in total. The largest absolute Gasteiger partial charge is 0.329 e. The van der Waals surface area contributed by atoms with Gasteiger partial charge in [0.15, 0.2) is 0 Å². The fourth-order valence-electron chi connectivity index (χ4n) is 2.06. The predicted molar refractivity (Wildman–Crippen MR) is 92.3 cm³/mol. The summed E-state index contributed by atoms with van der Waals surface area (Å²) in [6.07, 6.45) is 0. The molecule has 0 aliphatic carbocycles. The highest BCUT2D eigenvalue weighted by molar-refractivity contribution is 7.52. The van der Waals surface area contributed by atoms with Gasteiger partial charge < -0.3 is 25.1 Å². The minimum absolute atomic E-state index is 0. The topological polar surface area (TPSA) is 178 Å². The Balaban J connectivity index is 0.00000312. The second kappa shape index (κ2) is 7.89. The van der Waals surface area contributed by atoms with Crippen LogP contribution in [0.2, 0.25) is 0 Å². The van der Waals surface area contributed by atoms with Crippen molar-refractivity contribution < 1.29 is 19.3 Å². The molecule has 25 heavy (non-hydrogen) atoms. The first kappa shape index (κ1) is 21.0. The lowest BCUT2D eigenvalue weighted by Gasteiger charge is -2.14. The first-order valence-corrected chi connectivity index (χ1v) is 8.47. The van der Waals surface area contributed by atoms with Gasteiger partial charge in [-0.25, -0.2) is 0 Å². The van der Waals surface area contributed by atoms with Crippen LogP contribution in [0.3, 0.4) is 0 Å². The number of rotatable bonds is 6.